The monoisotopic (exact) mass is 326 g/mol. The first-order chi connectivity index (χ1) is 11.5. The van der Waals surface area contributed by atoms with E-state index in [4.69, 9.17) is 4.74 Å². The summed E-state index contributed by atoms with van der Waals surface area (Å²) in [4.78, 5) is 17.2. The third kappa shape index (κ3) is 3.37. The van der Waals surface area contributed by atoms with E-state index >= 15 is 0 Å². The van der Waals surface area contributed by atoms with E-state index in [1.165, 1.54) is 0 Å². The van der Waals surface area contributed by atoms with E-state index in [0.29, 0.717) is 12.5 Å². The van der Waals surface area contributed by atoms with Crippen molar-refractivity contribution in [1.82, 2.24) is 4.98 Å². The topological polar surface area (TPSA) is 51.2 Å². The van der Waals surface area contributed by atoms with Gasteiger partial charge in [-0.05, 0) is 43.0 Å². The Kier molecular flexibility index (Phi) is 4.74. The molecule has 1 aliphatic rings. The van der Waals surface area contributed by atoms with Crippen molar-refractivity contribution in [2.75, 3.05) is 11.9 Å². The number of hydrogen-bond donors (Lipinski definition) is 1. The molecule has 1 aliphatic carbocycles. The Morgan fingerprint density at radius 1 is 1.29 bits per heavy atom. The van der Waals surface area contributed by atoms with E-state index in [1.54, 1.807) is 6.20 Å². The van der Waals surface area contributed by atoms with Crippen LogP contribution in [0.1, 0.15) is 46.5 Å². The van der Waals surface area contributed by atoms with Crippen LogP contribution in [0.2, 0.25) is 0 Å². The fourth-order valence-corrected chi connectivity index (χ4v) is 3.28. The molecule has 1 N–H and O–H groups in total. The highest BCUT2D eigenvalue weighted by molar-refractivity contribution is 6.04. The number of nitrogens with one attached hydrogen (secondary N) is 1. The molecular weight excluding hydrogens is 300 g/mol. The summed E-state index contributed by atoms with van der Waals surface area (Å²) in [6.45, 7) is 6.95. The van der Waals surface area contributed by atoms with Gasteiger partial charge in [0.05, 0.1) is 12.3 Å². The smallest absolute Gasteiger partial charge is 0.230 e. The van der Waals surface area contributed by atoms with Crippen molar-refractivity contribution >= 4 is 22.5 Å². The second-order valence-corrected chi connectivity index (χ2v) is 7.44. The molecule has 24 heavy (non-hydrogen) atoms. The first-order valence-electron chi connectivity index (χ1n) is 8.81. The maximum atomic E-state index is 12.7. The van der Waals surface area contributed by atoms with E-state index in [2.05, 4.69) is 31.1 Å². The van der Waals surface area contributed by atoms with Gasteiger partial charge >= 0.3 is 0 Å². The number of ether oxygens (including phenoxy) is 1. The van der Waals surface area contributed by atoms with Crippen LogP contribution < -0.4 is 10.1 Å². The van der Waals surface area contributed by atoms with E-state index < -0.39 is 0 Å². The molecule has 128 valence electrons. The lowest BCUT2D eigenvalue weighted by Gasteiger charge is -2.23. The molecule has 3 rings (SSSR count). The second kappa shape index (κ2) is 6.80. The fourth-order valence-electron chi connectivity index (χ4n) is 3.28. The minimum atomic E-state index is -0.249. The number of fused-ring (bicyclic) bond motifs is 1. The van der Waals surface area contributed by atoms with Gasteiger partial charge < -0.3 is 10.1 Å². The van der Waals surface area contributed by atoms with Gasteiger partial charge in [-0.2, -0.15) is 0 Å². The Hall–Kier alpha value is -2.10. The van der Waals surface area contributed by atoms with Gasteiger partial charge in [0.15, 0.2) is 0 Å². The molecule has 0 bridgehead atoms. The first-order valence-corrected chi connectivity index (χ1v) is 8.81. The zero-order valence-electron chi connectivity index (χ0n) is 14.8. The molecule has 0 aliphatic heterocycles. The Balaban J connectivity index is 1.89. The number of carbonyl (C=O) groups excluding carboxylic acids is 1. The van der Waals surface area contributed by atoms with Crippen LogP contribution in [0.25, 0.3) is 10.9 Å². The minimum absolute atomic E-state index is 0.112. The average molecular weight is 326 g/mol. The predicted molar refractivity (Wildman–Crippen MR) is 97.3 cm³/mol. The Morgan fingerprint density at radius 3 is 2.75 bits per heavy atom. The van der Waals surface area contributed by atoms with Gasteiger partial charge in [0, 0.05) is 17.0 Å². The highest BCUT2D eigenvalue weighted by Crippen LogP contribution is 2.39. The number of rotatable bonds is 5. The molecule has 0 saturated heterocycles. The van der Waals surface area contributed by atoms with Crippen molar-refractivity contribution in [2.24, 2.45) is 11.3 Å². The van der Waals surface area contributed by atoms with Crippen molar-refractivity contribution in [3.05, 3.63) is 30.5 Å². The van der Waals surface area contributed by atoms with Crippen LogP contribution in [0, 0.1) is 11.3 Å². The fraction of sp³-hybridized carbons (Fsp3) is 0.500. The third-order valence-corrected chi connectivity index (χ3v) is 4.81. The van der Waals surface area contributed by atoms with Crippen molar-refractivity contribution in [3.63, 3.8) is 0 Å². The number of aromatic nitrogens is 1. The van der Waals surface area contributed by atoms with Gasteiger partial charge in [-0.1, -0.05) is 33.6 Å². The summed E-state index contributed by atoms with van der Waals surface area (Å²) in [6, 6.07) is 7.71. The number of nitrogens with zero attached hydrogens (tertiary/aromatic N) is 1. The summed E-state index contributed by atoms with van der Waals surface area (Å²) >= 11 is 0. The van der Waals surface area contributed by atoms with Gasteiger partial charge in [-0.15, -0.1) is 0 Å². The summed E-state index contributed by atoms with van der Waals surface area (Å²) in [7, 11) is 0. The highest BCUT2D eigenvalue weighted by atomic mass is 16.5. The highest BCUT2D eigenvalue weighted by Gasteiger charge is 2.36. The van der Waals surface area contributed by atoms with Crippen molar-refractivity contribution in [1.29, 1.82) is 0 Å². The van der Waals surface area contributed by atoms with Crippen LogP contribution in [-0.4, -0.2) is 17.5 Å². The van der Waals surface area contributed by atoms with Crippen LogP contribution in [0.4, 0.5) is 5.69 Å². The van der Waals surface area contributed by atoms with Gasteiger partial charge in [-0.25, -0.2) is 0 Å². The molecule has 1 aromatic carbocycles. The zero-order valence-corrected chi connectivity index (χ0v) is 14.8. The number of carbonyl (C=O) groups is 1. The second-order valence-electron chi connectivity index (χ2n) is 7.44. The molecule has 0 atom stereocenters. The van der Waals surface area contributed by atoms with Gasteiger partial charge in [0.1, 0.15) is 11.3 Å². The number of amides is 1. The van der Waals surface area contributed by atoms with E-state index in [9.17, 15) is 4.79 Å². The molecule has 1 amide bonds. The third-order valence-electron chi connectivity index (χ3n) is 4.81. The number of hydrogen-bond acceptors (Lipinski definition) is 3. The Bertz CT molecular complexity index is 733. The van der Waals surface area contributed by atoms with Crippen LogP contribution in [0.15, 0.2) is 30.5 Å². The normalized spacial score (nSPS) is 16.5. The number of pyridine rings is 1. The molecule has 0 unspecified atom stereocenters. The van der Waals surface area contributed by atoms with Crippen LogP contribution in [0.5, 0.6) is 5.75 Å². The molecule has 1 heterocycles. The lowest BCUT2D eigenvalue weighted by atomic mass is 9.87. The quantitative estimate of drug-likeness (QED) is 0.859. The SMILES string of the molecule is CC(C)COc1ccc(NC(=O)C2(C)CCCC2)c2cccnc12. The van der Waals surface area contributed by atoms with Gasteiger partial charge in [0.25, 0.3) is 0 Å². The van der Waals surface area contributed by atoms with E-state index in [1.807, 2.05) is 24.3 Å². The molecule has 2 aromatic rings. The summed E-state index contributed by atoms with van der Waals surface area (Å²) in [5.74, 6) is 1.33. The zero-order chi connectivity index (χ0) is 17.2. The number of benzene rings is 1. The van der Waals surface area contributed by atoms with Crippen molar-refractivity contribution < 1.29 is 9.53 Å². The maximum Gasteiger partial charge on any atom is 0.230 e. The van der Waals surface area contributed by atoms with Crippen molar-refractivity contribution in [3.8, 4) is 5.75 Å². The van der Waals surface area contributed by atoms with Gasteiger partial charge in [0.2, 0.25) is 5.91 Å². The molecule has 0 spiro atoms. The standard InChI is InChI=1S/C20H26N2O2/c1-14(2)13-24-17-9-8-16(15-7-6-12-21-18(15)17)22-19(23)20(3)10-4-5-11-20/h6-9,12,14H,4-5,10-11,13H2,1-3H3,(H,22,23). The van der Waals surface area contributed by atoms with Crippen LogP contribution in [0.3, 0.4) is 0 Å². The summed E-state index contributed by atoms with van der Waals surface area (Å²) in [5, 5.41) is 4.05. The van der Waals surface area contributed by atoms with Crippen LogP contribution >= 0.6 is 0 Å². The lowest BCUT2D eigenvalue weighted by Crippen LogP contribution is -2.30. The maximum absolute atomic E-state index is 12.7. The Labute approximate surface area is 143 Å². The first kappa shape index (κ1) is 16.7. The van der Waals surface area contributed by atoms with E-state index in [-0.39, 0.29) is 11.3 Å². The molecule has 1 fully saturated rings. The Morgan fingerprint density at radius 2 is 2.04 bits per heavy atom. The summed E-state index contributed by atoms with van der Waals surface area (Å²) in [6.07, 6.45) is 5.95. The molecule has 4 heteroatoms. The van der Waals surface area contributed by atoms with Crippen LogP contribution in [-0.2, 0) is 4.79 Å². The summed E-state index contributed by atoms with van der Waals surface area (Å²) < 4.78 is 5.89. The molecule has 1 aromatic heterocycles. The molecule has 1 saturated carbocycles. The van der Waals surface area contributed by atoms with Gasteiger partial charge in [-0.3, -0.25) is 9.78 Å². The molecular formula is C20H26N2O2. The lowest BCUT2D eigenvalue weighted by molar-refractivity contribution is -0.124. The molecule has 4 nitrogen and oxygen atoms in total. The predicted octanol–water partition coefficient (Wildman–Crippen LogP) is 4.79. The minimum Gasteiger partial charge on any atom is -0.491 e. The molecule has 0 radical (unpaired) electrons. The van der Waals surface area contributed by atoms with E-state index in [0.717, 1.165) is 48.0 Å². The summed E-state index contributed by atoms with van der Waals surface area (Å²) in [5.41, 5.74) is 1.36. The number of anilines is 1. The van der Waals surface area contributed by atoms with Crippen molar-refractivity contribution in [2.45, 2.75) is 46.5 Å². The average Bonchev–Trinajstić information content (AvgIpc) is 3.02. The largest absolute Gasteiger partial charge is 0.491 e.